The Morgan fingerprint density at radius 2 is 2.00 bits per heavy atom. The summed E-state index contributed by atoms with van der Waals surface area (Å²) in [5, 5.41) is 5.02. The first-order valence-electron chi connectivity index (χ1n) is 4.74. The summed E-state index contributed by atoms with van der Waals surface area (Å²) >= 11 is 0. The van der Waals surface area contributed by atoms with Crippen LogP contribution in [0.3, 0.4) is 0 Å². The summed E-state index contributed by atoms with van der Waals surface area (Å²) in [6, 6.07) is 1.18. The number of carbonyl (C=O) groups is 1. The van der Waals surface area contributed by atoms with Crippen LogP contribution in [0.2, 0.25) is 0 Å². The molecule has 6 heteroatoms. The van der Waals surface area contributed by atoms with Crippen molar-refractivity contribution in [2.45, 2.75) is 0 Å². The van der Waals surface area contributed by atoms with E-state index in [1.807, 2.05) is 0 Å². The molecule has 0 bridgehead atoms. The molecule has 86 valence electrons. The lowest BCUT2D eigenvalue weighted by Crippen LogP contribution is -2.48. The van der Waals surface area contributed by atoms with Crippen LogP contribution < -0.4 is 10.6 Å². The minimum Gasteiger partial charge on any atom is -0.323 e. The van der Waals surface area contributed by atoms with Crippen molar-refractivity contribution in [3.05, 3.63) is 29.6 Å². The Morgan fingerprint density at radius 1 is 1.31 bits per heavy atom. The summed E-state index contributed by atoms with van der Waals surface area (Å²) in [4.78, 5) is 11.4. The topological polar surface area (TPSA) is 41.1 Å². The SMILES string of the molecule is O=C(Nc1cc(F)cc(F)c1F)C1CNC1. The zero-order valence-electron chi connectivity index (χ0n) is 8.19. The van der Waals surface area contributed by atoms with Gasteiger partial charge in [0.15, 0.2) is 11.6 Å². The first-order chi connectivity index (χ1) is 7.58. The molecular formula is C10H9F3N2O. The van der Waals surface area contributed by atoms with Crippen LogP contribution in [0.5, 0.6) is 0 Å². The number of hydrogen-bond donors (Lipinski definition) is 2. The molecule has 16 heavy (non-hydrogen) atoms. The third-order valence-electron chi connectivity index (χ3n) is 2.40. The van der Waals surface area contributed by atoms with Crippen LogP contribution in [0.4, 0.5) is 18.9 Å². The Bertz CT molecular complexity index is 432. The van der Waals surface area contributed by atoms with E-state index in [1.165, 1.54) is 0 Å². The van der Waals surface area contributed by atoms with Crippen molar-refractivity contribution in [1.82, 2.24) is 5.32 Å². The fraction of sp³-hybridized carbons (Fsp3) is 0.300. The van der Waals surface area contributed by atoms with E-state index in [-0.39, 0.29) is 5.92 Å². The van der Waals surface area contributed by atoms with Gasteiger partial charge in [-0.2, -0.15) is 0 Å². The van der Waals surface area contributed by atoms with E-state index in [0.29, 0.717) is 19.2 Å². The lowest BCUT2D eigenvalue weighted by molar-refractivity contribution is -0.121. The summed E-state index contributed by atoms with van der Waals surface area (Å²) in [6.07, 6.45) is 0. The molecule has 0 aliphatic carbocycles. The second kappa shape index (κ2) is 4.13. The van der Waals surface area contributed by atoms with E-state index in [0.717, 1.165) is 6.07 Å². The maximum Gasteiger partial charge on any atom is 0.230 e. The summed E-state index contributed by atoms with van der Waals surface area (Å²) in [6.45, 7) is 0.983. The van der Waals surface area contributed by atoms with Gasteiger partial charge in [-0.05, 0) is 0 Å². The lowest BCUT2D eigenvalue weighted by atomic mass is 10.0. The predicted molar refractivity (Wildman–Crippen MR) is 51.3 cm³/mol. The van der Waals surface area contributed by atoms with Gasteiger partial charge in [-0.15, -0.1) is 0 Å². The molecule has 1 aromatic carbocycles. The van der Waals surface area contributed by atoms with Crippen LogP contribution in [0, 0.1) is 23.4 Å². The van der Waals surface area contributed by atoms with Gasteiger partial charge in [-0.3, -0.25) is 4.79 Å². The van der Waals surface area contributed by atoms with Gasteiger partial charge < -0.3 is 10.6 Å². The largest absolute Gasteiger partial charge is 0.323 e. The molecule has 1 heterocycles. The van der Waals surface area contributed by atoms with Gasteiger partial charge in [-0.1, -0.05) is 0 Å². The molecule has 0 radical (unpaired) electrons. The average molecular weight is 230 g/mol. The third kappa shape index (κ3) is 2.01. The number of rotatable bonds is 2. The monoisotopic (exact) mass is 230 g/mol. The van der Waals surface area contributed by atoms with E-state index >= 15 is 0 Å². The molecule has 0 aromatic heterocycles. The molecule has 1 saturated heterocycles. The van der Waals surface area contributed by atoms with E-state index < -0.39 is 29.0 Å². The Morgan fingerprint density at radius 3 is 2.56 bits per heavy atom. The van der Waals surface area contributed by atoms with Gasteiger partial charge in [0.25, 0.3) is 0 Å². The van der Waals surface area contributed by atoms with Crippen molar-refractivity contribution in [2.24, 2.45) is 5.92 Å². The zero-order valence-corrected chi connectivity index (χ0v) is 8.19. The second-order valence-corrected chi connectivity index (χ2v) is 3.59. The molecule has 3 nitrogen and oxygen atoms in total. The van der Waals surface area contributed by atoms with Gasteiger partial charge in [0.05, 0.1) is 11.6 Å². The third-order valence-corrected chi connectivity index (χ3v) is 2.40. The van der Waals surface area contributed by atoms with Crippen LogP contribution in [0.25, 0.3) is 0 Å². The van der Waals surface area contributed by atoms with Crippen molar-refractivity contribution in [3.8, 4) is 0 Å². The first-order valence-corrected chi connectivity index (χ1v) is 4.74. The quantitative estimate of drug-likeness (QED) is 0.751. The van der Waals surface area contributed by atoms with Gasteiger partial charge in [0.1, 0.15) is 5.82 Å². The Balaban J connectivity index is 2.17. The molecule has 0 spiro atoms. The summed E-state index contributed by atoms with van der Waals surface area (Å²) < 4.78 is 38.7. The molecule has 2 rings (SSSR count). The van der Waals surface area contributed by atoms with Crippen LogP contribution in [0.1, 0.15) is 0 Å². The highest BCUT2D eigenvalue weighted by atomic mass is 19.2. The molecule has 1 aliphatic rings. The Labute approximate surface area is 89.6 Å². The summed E-state index contributed by atoms with van der Waals surface area (Å²) in [7, 11) is 0. The van der Waals surface area contributed by atoms with Crippen molar-refractivity contribution < 1.29 is 18.0 Å². The Kier molecular flexibility index (Phi) is 2.82. The maximum absolute atomic E-state index is 13.2. The molecular weight excluding hydrogens is 221 g/mol. The molecule has 1 aliphatic heterocycles. The number of nitrogens with one attached hydrogen (secondary N) is 2. The number of amides is 1. The zero-order chi connectivity index (χ0) is 11.7. The van der Waals surface area contributed by atoms with Crippen LogP contribution in [-0.4, -0.2) is 19.0 Å². The number of anilines is 1. The maximum atomic E-state index is 13.2. The number of hydrogen-bond acceptors (Lipinski definition) is 2. The summed E-state index contributed by atoms with van der Waals surface area (Å²) in [5.74, 6) is -4.21. The van der Waals surface area contributed by atoms with Crippen LogP contribution in [0.15, 0.2) is 12.1 Å². The summed E-state index contributed by atoms with van der Waals surface area (Å²) in [5.41, 5.74) is -0.464. The minimum atomic E-state index is -1.32. The minimum absolute atomic E-state index is 0.272. The molecule has 2 N–H and O–H groups in total. The molecule has 1 aromatic rings. The van der Waals surface area contributed by atoms with Gasteiger partial charge in [0, 0.05) is 25.2 Å². The van der Waals surface area contributed by atoms with Gasteiger partial charge >= 0.3 is 0 Å². The fourth-order valence-corrected chi connectivity index (χ4v) is 1.36. The highest BCUT2D eigenvalue weighted by Crippen LogP contribution is 2.20. The lowest BCUT2D eigenvalue weighted by Gasteiger charge is -2.25. The van der Waals surface area contributed by atoms with E-state index in [4.69, 9.17) is 0 Å². The van der Waals surface area contributed by atoms with Crippen LogP contribution in [-0.2, 0) is 4.79 Å². The van der Waals surface area contributed by atoms with Crippen molar-refractivity contribution in [2.75, 3.05) is 18.4 Å². The molecule has 0 unspecified atom stereocenters. The standard InChI is InChI=1S/C10H9F3N2O/c11-6-1-7(12)9(13)8(2-6)15-10(16)5-3-14-4-5/h1-2,5,14H,3-4H2,(H,15,16). The Hall–Kier alpha value is -1.56. The number of halogens is 3. The highest BCUT2D eigenvalue weighted by molar-refractivity contribution is 5.93. The van der Waals surface area contributed by atoms with E-state index in [1.54, 1.807) is 0 Å². The first kappa shape index (κ1) is 10.9. The molecule has 1 amide bonds. The van der Waals surface area contributed by atoms with Crippen molar-refractivity contribution in [1.29, 1.82) is 0 Å². The molecule has 0 atom stereocenters. The molecule has 1 fully saturated rings. The number of carbonyl (C=O) groups excluding carboxylic acids is 1. The van der Waals surface area contributed by atoms with E-state index in [2.05, 4.69) is 10.6 Å². The molecule has 0 saturated carbocycles. The smallest absolute Gasteiger partial charge is 0.230 e. The average Bonchev–Trinajstić information content (AvgIpc) is 2.10. The van der Waals surface area contributed by atoms with Gasteiger partial charge in [0.2, 0.25) is 5.91 Å². The highest BCUT2D eigenvalue weighted by Gasteiger charge is 2.26. The predicted octanol–water partition coefficient (Wildman–Crippen LogP) is 1.26. The van der Waals surface area contributed by atoms with Crippen LogP contribution >= 0.6 is 0 Å². The second-order valence-electron chi connectivity index (χ2n) is 3.59. The van der Waals surface area contributed by atoms with E-state index in [9.17, 15) is 18.0 Å². The fourth-order valence-electron chi connectivity index (χ4n) is 1.36. The van der Waals surface area contributed by atoms with Gasteiger partial charge in [-0.25, -0.2) is 13.2 Å². The van der Waals surface area contributed by atoms with Crippen molar-refractivity contribution in [3.63, 3.8) is 0 Å². The van der Waals surface area contributed by atoms with Crippen molar-refractivity contribution >= 4 is 11.6 Å². The number of benzene rings is 1. The normalized spacial score (nSPS) is 15.7.